The van der Waals surface area contributed by atoms with Crippen molar-refractivity contribution in [3.05, 3.63) is 65.5 Å². The fourth-order valence-corrected chi connectivity index (χ4v) is 2.37. The van der Waals surface area contributed by atoms with E-state index in [2.05, 4.69) is 15.2 Å². The lowest BCUT2D eigenvalue weighted by Crippen LogP contribution is -2.13. The molecule has 1 atom stereocenters. The minimum atomic E-state index is -4.42. The second-order valence-corrected chi connectivity index (χ2v) is 5.38. The van der Waals surface area contributed by atoms with Crippen LogP contribution in [0.25, 0.3) is 11.4 Å². The summed E-state index contributed by atoms with van der Waals surface area (Å²) in [5.74, 6) is 1.14. The molecule has 3 N–H and O–H groups in total. The molecule has 8 heteroatoms. The van der Waals surface area contributed by atoms with E-state index in [1.165, 1.54) is 12.1 Å². The van der Waals surface area contributed by atoms with E-state index in [9.17, 15) is 13.2 Å². The number of hydrogen-bond acceptors (Lipinski definition) is 4. The zero-order valence-corrected chi connectivity index (χ0v) is 13.2. The predicted molar refractivity (Wildman–Crippen MR) is 85.8 cm³/mol. The summed E-state index contributed by atoms with van der Waals surface area (Å²) >= 11 is 0. The number of ether oxygens (including phenoxy) is 1. The third-order valence-electron chi connectivity index (χ3n) is 3.70. The van der Waals surface area contributed by atoms with Crippen molar-refractivity contribution in [3.63, 3.8) is 0 Å². The van der Waals surface area contributed by atoms with E-state index >= 15 is 0 Å². The normalized spacial score (nSPS) is 12.8. The monoisotopic (exact) mass is 348 g/mol. The molecule has 130 valence electrons. The van der Waals surface area contributed by atoms with Gasteiger partial charge < -0.3 is 10.5 Å². The molecule has 5 nitrogen and oxygen atoms in total. The minimum absolute atomic E-state index is 0.152. The lowest BCUT2D eigenvalue weighted by Gasteiger charge is -2.10. The molecule has 3 rings (SSSR count). The Morgan fingerprint density at radius 2 is 1.88 bits per heavy atom. The van der Waals surface area contributed by atoms with Gasteiger partial charge in [-0.2, -0.15) is 18.3 Å². The second-order valence-electron chi connectivity index (χ2n) is 5.38. The number of benzene rings is 2. The third kappa shape index (κ3) is 3.63. The van der Waals surface area contributed by atoms with E-state index in [0.29, 0.717) is 11.6 Å². The molecular weight excluding hydrogens is 333 g/mol. The number of methoxy groups -OCH3 is 1. The average molecular weight is 348 g/mol. The fraction of sp³-hybridized carbons (Fsp3) is 0.176. The van der Waals surface area contributed by atoms with Gasteiger partial charge in [-0.1, -0.05) is 24.3 Å². The number of alkyl halides is 3. The number of aromatic nitrogens is 3. The van der Waals surface area contributed by atoms with Gasteiger partial charge in [0.05, 0.1) is 18.7 Å². The van der Waals surface area contributed by atoms with Crippen LogP contribution in [-0.2, 0) is 6.18 Å². The number of nitrogens with two attached hydrogens (primary N) is 1. The van der Waals surface area contributed by atoms with E-state index in [1.807, 2.05) is 0 Å². The van der Waals surface area contributed by atoms with Crippen LogP contribution in [0.4, 0.5) is 13.2 Å². The van der Waals surface area contributed by atoms with E-state index in [1.54, 1.807) is 31.4 Å². The lowest BCUT2D eigenvalue weighted by atomic mass is 10.1. The summed E-state index contributed by atoms with van der Waals surface area (Å²) in [7, 11) is 1.55. The highest BCUT2D eigenvalue weighted by Gasteiger charge is 2.30. The number of aromatic amines is 1. The molecule has 1 heterocycles. The number of nitrogens with one attached hydrogen (secondary N) is 1. The molecule has 0 unspecified atom stereocenters. The van der Waals surface area contributed by atoms with Crippen molar-refractivity contribution < 1.29 is 17.9 Å². The van der Waals surface area contributed by atoms with E-state index in [0.717, 1.165) is 17.7 Å². The first-order valence-electron chi connectivity index (χ1n) is 7.38. The van der Waals surface area contributed by atoms with Crippen LogP contribution < -0.4 is 10.5 Å². The fourth-order valence-electron chi connectivity index (χ4n) is 2.37. The molecule has 0 aliphatic rings. The second kappa shape index (κ2) is 6.56. The summed E-state index contributed by atoms with van der Waals surface area (Å²) in [5.41, 5.74) is 6.41. The Kier molecular flexibility index (Phi) is 4.45. The van der Waals surface area contributed by atoms with Crippen molar-refractivity contribution in [2.24, 2.45) is 5.73 Å². The number of rotatable bonds is 4. The molecule has 0 fully saturated rings. The number of H-pyrrole nitrogens is 1. The van der Waals surface area contributed by atoms with Gasteiger partial charge in [-0.05, 0) is 29.8 Å². The molecule has 0 aliphatic heterocycles. The molecule has 1 aromatic heterocycles. The number of halogens is 3. The molecule has 0 aliphatic carbocycles. The average Bonchev–Trinajstić information content (AvgIpc) is 3.10. The zero-order valence-electron chi connectivity index (χ0n) is 13.2. The zero-order chi connectivity index (χ0) is 18.0. The van der Waals surface area contributed by atoms with Crippen LogP contribution in [0.15, 0.2) is 48.5 Å². The van der Waals surface area contributed by atoms with Crippen molar-refractivity contribution >= 4 is 0 Å². The molecule has 0 saturated heterocycles. The van der Waals surface area contributed by atoms with Gasteiger partial charge in [0.15, 0.2) is 5.82 Å². The highest BCUT2D eigenvalue weighted by molar-refractivity contribution is 5.56. The van der Waals surface area contributed by atoms with Crippen molar-refractivity contribution in [1.29, 1.82) is 0 Å². The summed E-state index contributed by atoms with van der Waals surface area (Å²) in [6.07, 6.45) is -4.42. The van der Waals surface area contributed by atoms with Gasteiger partial charge in [-0.15, -0.1) is 0 Å². The van der Waals surface area contributed by atoms with Crippen LogP contribution in [-0.4, -0.2) is 22.3 Å². The smallest absolute Gasteiger partial charge is 0.416 e. The minimum Gasteiger partial charge on any atom is -0.497 e. The van der Waals surface area contributed by atoms with Crippen LogP contribution in [0.3, 0.4) is 0 Å². The summed E-state index contributed by atoms with van der Waals surface area (Å²) in [5, 5.41) is 6.67. The summed E-state index contributed by atoms with van der Waals surface area (Å²) in [4.78, 5) is 4.24. The van der Waals surface area contributed by atoms with Crippen molar-refractivity contribution in [3.8, 4) is 17.1 Å². The first kappa shape index (κ1) is 17.0. The molecule has 3 aromatic rings. The van der Waals surface area contributed by atoms with Gasteiger partial charge in [-0.25, -0.2) is 4.98 Å². The van der Waals surface area contributed by atoms with Gasteiger partial charge in [0.2, 0.25) is 0 Å². The van der Waals surface area contributed by atoms with Crippen LogP contribution in [0, 0.1) is 0 Å². The summed E-state index contributed by atoms with van der Waals surface area (Å²) in [6, 6.07) is 11.4. The van der Waals surface area contributed by atoms with E-state index in [4.69, 9.17) is 10.5 Å². The number of hydrogen-bond donors (Lipinski definition) is 2. The van der Waals surface area contributed by atoms with Gasteiger partial charge in [-0.3, -0.25) is 5.10 Å². The van der Waals surface area contributed by atoms with Crippen molar-refractivity contribution in [1.82, 2.24) is 15.2 Å². The molecule has 2 aromatic carbocycles. The maximum atomic E-state index is 12.8. The van der Waals surface area contributed by atoms with Gasteiger partial charge in [0.1, 0.15) is 11.6 Å². The molecule has 25 heavy (non-hydrogen) atoms. The first-order valence-corrected chi connectivity index (χ1v) is 7.38. The Bertz CT molecular complexity index is 876. The topological polar surface area (TPSA) is 76.8 Å². The van der Waals surface area contributed by atoms with Crippen LogP contribution >= 0.6 is 0 Å². The molecule has 0 amide bonds. The molecule has 0 bridgehead atoms. The van der Waals surface area contributed by atoms with Crippen molar-refractivity contribution in [2.75, 3.05) is 7.11 Å². The lowest BCUT2D eigenvalue weighted by molar-refractivity contribution is -0.137. The maximum absolute atomic E-state index is 12.8. The Balaban J connectivity index is 1.90. The molecule has 0 saturated carbocycles. The summed E-state index contributed by atoms with van der Waals surface area (Å²) in [6.45, 7) is 0. The van der Waals surface area contributed by atoms with Gasteiger partial charge in [0, 0.05) is 5.56 Å². The molecular formula is C17H15F3N4O. The largest absolute Gasteiger partial charge is 0.497 e. The Labute approximate surface area is 141 Å². The van der Waals surface area contributed by atoms with Crippen LogP contribution in [0.2, 0.25) is 0 Å². The van der Waals surface area contributed by atoms with Crippen LogP contribution in [0.5, 0.6) is 5.75 Å². The molecule has 0 spiro atoms. The van der Waals surface area contributed by atoms with Gasteiger partial charge >= 0.3 is 6.18 Å². The quantitative estimate of drug-likeness (QED) is 0.756. The maximum Gasteiger partial charge on any atom is 0.416 e. The standard InChI is InChI=1S/C17H15F3N4O/c1-25-13-7-3-4-10(9-13)14(21)16-22-15(23-24-16)11-5-2-6-12(8-11)17(18,19)20/h2-9,14H,21H2,1H3,(H,22,23,24)/t14-/m0/s1. The highest BCUT2D eigenvalue weighted by atomic mass is 19.4. The van der Waals surface area contributed by atoms with Crippen LogP contribution in [0.1, 0.15) is 23.0 Å². The van der Waals surface area contributed by atoms with E-state index in [-0.39, 0.29) is 11.4 Å². The third-order valence-corrected chi connectivity index (χ3v) is 3.70. The first-order chi connectivity index (χ1) is 11.9. The predicted octanol–water partition coefficient (Wildman–Crippen LogP) is 3.55. The SMILES string of the molecule is COc1cccc([C@H](N)c2nc(-c3cccc(C(F)(F)F)c3)n[nH]2)c1. The van der Waals surface area contributed by atoms with Crippen molar-refractivity contribution in [2.45, 2.75) is 12.2 Å². The highest BCUT2D eigenvalue weighted by Crippen LogP contribution is 2.31. The Morgan fingerprint density at radius 1 is 1.12 bits per heavy atom. The Morgan fingerprint density at radius 3 is 2.60 bits per heavy atom. The Hall–Kier alpha value is -2.87. The van der Waals surface area contributed by atoms with E-state index < -0.39 is 17.8 Å². The molecule has 0 radical (unpaired) electrons. The number of nitrogens with zero attached hydrogens (tertiary/aromatic N) is 2. The van der Waals surface area contributed by atoms with Gasteiger partial charge in [0.25, 0.3) is 0 Å². The summed E-state index contributed by atoms with van der Waals surface area (Å²) < 4.78 is 43.6.